The Balaban J connectivity index is 1.74. The molecule has 3 aliphatic rings. The lowest BCUT2D eigenvalue weighted by Gasteiger charge is -2.17. The average molecular weight is 257 g/mol. The van der Waals surface area contributed by atoms with Gasteiger partial charge in [-0.15, -0.1) is 0 Å². The fraction of sp³-hybridized carbons (Fsp3) is 0.333. The number of halogens is 1. The summed E-state index contributed by atoms with van der Waals surface area (Å²) in [4.78, 5) is 26.1. The molecule has 2 unspecified atom stereocenters. The minimum absolute atomic E-state index is 0.126. The summed E-state index contributed by atoms with van der Waals surface area (Å²) in [7, 11) is 0. The van der Waals surface area contributed by atoms with Crippen molar-refractivity contribution in [3.63, 3.8) is 0 Å². The van der Waals surface area contributed by atoms with Gasteiger partial charge >= 0.3 is 0 Å². The van der Waals surface area contributed by atoms with Gasteiger partial charge in [-0.1, -0.05) is 12.2 Å². The molecule has 1 aromatic carbocycles. The molecule has 4 heteroatoms. The van der Waals surface area contributed by atoms with Crippen LogP contribution in [0, 0.1) is 29.5 Å². The van der Waals surface area contributed by atoms with Crippen LogP contribution < -0.4 is 4.90 Å². The van der Waals surface area contributed by atoms with Gasteiger partial charge in [0, 0.05) is 0 Å². The maximum absolute atomic E-state index is 12.9. The number of carbonyl (C=O) groups excluding carboxylic acids is 2. The molecule has 0 radical (unpaired) electrons. The molecule has 1 saturated carbocycles. The van der Waals surface area contributed by atoms with E-state index < -0.39 is 0 Å². The van der Waals surface area contributed by atoms with Crippen molar-refractivity contribution >= 4 is 17.5 Å². The van der Waals surface area contributed by atoms with Gasteiger partial charge in [0.25, 0.3) is 0 Å². The van der Waals surface area contributed by atoms with E-state index in [9.17, 15) is 14.0 Å². The third-order valence-electron chi connectivity index (χ3n) is 4.56. The molecular formula is C15H12FNO2. The molecule has 4 atom stereocenters. The maximum Gasteiger partial charge on any atom is 0.238 e. The monoisotopic (exact) mass is 257 g/mol. The summed E-state index contributed by atoms with van der Waals surface area (Å²) >= 11 is 0. The van der Waals surface area contributed by atoms with Gasteiger partial charge < -0.3 is 0 Å². The fourth-order valence-corrected chi connectivity index (χ4v) is 3.75. The molecule has 1 heterocycles. The predicted molar refractivity (Wildman–Crippen MR) is 66.6 cm³/mol. The second kappa shape index (κ2) is 3.53. The van der Waals surface area contributed by atoms with Crippen LogP contribution in [0.3, 0.4) is 0 Å². The van der Waals surface area contributed by atoms with Gasteiger partial charge in [-0.3, -0.25) is 14.5 Å². The zero-order chi connectivity index (χ0) is 13.1. The summed E-state index contributed by atoms with van der Waals surface area (Å²) in [5.74, 6) is -0.615. The first-order valence-corrected chi connectivity index (χ1v) is 6.48. The number of benzene rings is 1. The van der Waals surface area contributed by atoms with E-state index in [1.165, 1.54) is 29.2 Å². The summed E-state index contributed by atoms with van der Waals surface area (Å²) in [6, 6.07) is 5.52. The van der Waals surface area contributed by atoms with Crippen LogP contribution in [0.2, 0.25) is 0 Å². The van der Waals surface area contributed by atoms with Gasteiger partial charge in [-0.2, -0.15) is 0 Å². The van der Waals surface area contributed by atoms with Crippen LogP contribution in [-0.4, -0.2) is 11.8 Å². The summed E-state index contributed by atoms with van der Waals surface area (Å²) in [6.07, 6.45) is 5.04. The lowest BCUT2D eigenvalue weighted by atomic mass is 9.85. The second-order valence-electron chi connectivity index (χ2n) is 5.49. The van der Waals surface area contributed by atoms with E-state index in [2.05, 4.69) is 12.2 Å². The van der Waals surface area contributed by atoms with E-state index in [0.29, 0.717) is 5.69 Å². The molecular weight excluding hydrogens is 245 g/mol. The van der Waals surface area contributed by atoms with E-state index in [1.807, 2.05) is 0 Å². The minimum Gasteiger partial charge on any atom is -0.274 e. The van der Waals surface area contributed by atoms with Crippen LogP contribution in [0.25, 0.3) is 0 Å². The van der Waals surface area contributed by atoms with Crippen molar-refractivity contribution in [2.75, 3.05) is 4.90 Å². The molecule has 1 saturated heterocycles. The number of allylic oxidation sites excluding steroid dienone is 2. The van der Waals surface area contributed by atoms with E-state index in [0.717, 1.165) is 6.42 Å². The number of carbonyl (C=O) groups is 2. The number of imide groups is 1. The summed E-state index contributed by atoms with van der Waals surface area (Å²) in [5, 5.41) is 0. The number of rotatable bonds is 1. The van der Waals surface area contributed by atoms with E-state index in [4.69, 9.17) is 0 Å². The van der Waals surface area contributed by atoms with Gasteiger partial charge in [0.05, 0.1) is 17.5 Å². The van der Waals surface area contributed by atoms with Gasteiger partial charge in [0.15, 0.2) is 0 Å². The molecule has 0 N–H and O–H groups in total. The quantitative estimate of drug-likeness (QED) is 0.571. The van der Waals surface area contributed by atoms with Gasteiger partial charge in [-0.25, -0.2) is 4.39 Å². The van der Waals surface area contributed by atoms with Crippen LogP contribution in [0.1, 0.15) is 6.42 Å². The highest BCUT2D eigenvalue weighted by Crippen LogP contribution is 2.53. The first kappa shape index (κ1) is 10.9. The number of anilines is 1. The highest BCUT2D eigenvalue weighted by molar-refractivity contribution is 6.22. The molecule has 2 amide bonds. The van der Waals surface area contributed by atoms with Gasteiger partial charge in [-0.05, 0) is 42.5 Å². The average Bonchev–Trinajstić information content (AvgIpc) is 3.06. The molecule has 1 aromatic rings. The minimum atomic E-state index is -0.371. The Morgan fingerprint density at radius 3 is 2.00 bits per heavy atom. The lowest BCUT2D eigenvalue weighted by molar-refractivity contribution is -0.123. The van der Waals surface area contributed by atoms with Crippen molar-refractivity contribution in [3.8, 4) is 0 Å². The molecule has 4 rings (SSSR count). The van der Waals surface area contributed by atoms with Crippen molar-refractivity contribution < 1.29 is 14.0 Å². The van der Waals surface area contributed by atoms with Gasteiger partial charge in [0.1, 0.15) is 5.82 Å². The summed E-state index contributed by atoms with van der Waals surface area (Å²) in [6.45, 7) is 0. The Hall–Kier alpha value is -1.97. The predicted octanol–water partition coefficient (Wildman–Crippen LogP) is 2.14. The van der Waals surface area contributed by atoms with Crippen LogP contribution in [-0.2, 0) is 9.59 Å². The van der Waals surface area contributed by atoms with Crippen molar-refractivity contribution in [2.24, 2.45) is 23.7 Å². The largest absolute Gasteiger partial charge is 0.274 e. The molecule has 2 bridgehead atoms. The third kappa shape index (κ3) is 1.31. The van der Waals surface area contributed by atoms with Crippen molar-refractivity contribution in [2.45, 2.75) is 6.42 Å². The van der Waals surface area contributed by atoms with Crippen molar-refractivity contribution in [3.05, 3.63) is 42.2 Å². The van der Waals surface area contributed by atoms with E-state index in [-0.39, 0.29) is 41.3 Å². The SMILES string of the molecule is O=C1[C@@H]2C3C=CC(C3)[C@@H]2C(=O)N1c1ccc(F)cc1. The van der Waals surface area contributed by atoms with Gasteiger partial charge in [0.2, 0.25) is 11.8 Å². The zero-order valence-corrected chi connectivity index (χ0v) is 10.1. The standard InChI is InChI=1S/C15H12FNO2/c16-10-3-5-11(6-4-10)17-14(18)12-8-1-2-9(7-8)13(12)15(17)19/h1-6,8-9,12-13H,7H2/t8?,9?,12-,13+. The van der Waals surface area contributed by atoms with Crippen LogP contribution >= 0.6 is 0 Å². The molecule has 0 aromatic heterocycles. The second-order valence-corrected chi connectivity index (χ2v) is 5.49. The van der Waals surface area contributed by atoms with E-state index in [1.54, 1.807) is 0 Å². The Kier molecular flexibility index (Phi) is 2.03. The number of amides is 2. The number of fused-ring (bicyclic) bond motifs is 5. The molecule has 0 spiro atoms. The number of hydrogen-bond donors (Lipinski definition) is 0. The Morgan fingerprint density at radius 2 is 1.47 bits per heavy atom. The van der Waals surface area contributed by atoms with E-state index >= 15 is 0 Å². The number of nitrogens with zero attached hydrogens (tertiary/aromatic N) is 1. The maximum atomic E-state index is 12.9. The smallest absolute Gasteiger partial charge is 0.238 e. The van der Waals surface area contributed by atoms with Crippen molar-refractivity contribution in [1.82, 2.24) is 0 Å². The lowest BCUT2D eigenvalue weighted by Crippen LogP contribution is -2.32. The Labute approximate surface area is 109 Å². The molecule has 2 aliphatic carbocycles. The van der Waals surface area contributed by atoms with Crippen molar-refractivity contribution in [1.29, 1.82) is 0 Å². The normalized spacial score (nSPS) is 35.3. The first-order valence-electron chi connectivity index (χ1n) is 6.48. The van der Waals surface area contributed by atoms with Crippen LogP contribution in [0.5, 0.6) is 0 Å². The fourth-order valence-electron chi connectivity index (χ4n) is 3.75. The number of hydrogen-bond acceptors (Lipinski definition) is 2. The topological polar surface area (TPSA) is 37.4 Å². The first-order chi connectivity index (χ1) is 9.16. The molecule has 3 nitrogen and oxygen atoms in total. The van der Waals surface area contributed by atoms with Crippen LogP contribution in [0.15, 0.2) is 36.4 Å². The molecule has 1 aliphatic heterocycles. The highest BCUT2D eigenvalue weighted by Gasteiger charge is 2.59. The zero-order valence-electron chi connectivity index (χ0n) is 10.1. The molecule has 2 fully saturated rings. The third-order valence-corrected chi connectivity index (χ3v) is 4.56. The molecule has 19 heavy (non-hydrogen) atoms. The summed E-state index contributed by atoms with van der Waals surface area (Å²) < 4.78 is 12.9. The van der Waals surface area contributed by atoms with Crippen LogP contribution in [0.4, 0.5) is 10.1 Å². The highest BCUT2D eigenvalue weighted by atomic mass is 19.1. The summed E-state index contributed by atoms with van der Waals surface area (Å²) in [5.41, 5.74) is 0.477. The Morgan fingerprint density at radius 1 is 0.947 bits per heavy atom. The Bertz CT molecular complexity index is 577. The molecule has 96 valence electrons.